The summed E-state index contributed by atoms with van der Waals surface area (Å²) >= 11 is 16.8. The first-order valence-electron chi connectivity index (χ1n) is 23.7. The van der Waals surface area contributed by atoms with E-state index in [1.807, 2.05) is 66.7 Å². The molecule has 0 saturated heterocycles. The smallest absolute Gasteiger partial charge is 0.176 e. The van der Waals surface area contributed by atoms with Gasteiger partial charge in [0.2, 0.25) is 0 Å². The van der Waals surface area contributed by atoms with Crippen molar-refractivity contribution in [1.82, 2.24) is 0 Å². The first-order valence-corrected chi connectivity index (χ1v) is 28.9. The predicted molar refractivity (Wildman–Crippen MR) is 293 cm³/mol. The van der Waals surface area contributed by atoms with Crippen LogP contribution >= 0.6 is 79.6 Å². The third-order valence-electron chi connectivity index (χ3n) is 14.2. The zero-order chi connectivity index (χ0) is 49.7. The molecule has 12 rings (SSSR count). The van der Waals surface area contributed by atoms with Crippen molar-refractivity contribution in [3.05, 3.63) is 158 Å². The lowest BCUT2D eigenvalue weighted by Crippen LogP contribution is -2.23. The lowest BCUT2D eigenvalue weighted by atomic mass is 9.85. The molecule has 6 aliphatic rings. The van der Waals surface area contributed by atoms with Crippen molar-refractivity contribution in [2.45, 2.75) is 92.7 Å². The summed E-state index contributed by atoms with van der Waals surface area (Å²) in [5.74, 6) is 2.84. The molecular formula is C57H49Br5O9. The fourth-order valence-electron chi connectivity index (χ4n) is 10.3. The van der Waals surface area contributed by atoms with Gasteiger partial charge in [-0.3, -0.25) is 14.4 Å². The van der Waals surface area contributed by atoms with E-state index >= 15 is 0 Å². The standard InChI is InChI=1S/2C19H16Br2O3.C19H17BrO3/c2*20-8-17(22)11-1-3-13-12(5-11)9-24-18-7-14-10(6-15(13)18)2-4-16(21)19(14)23;20-9-18(22)12-4-5-14-13(6-12)10-23-19-8-15-11(7-16(14)19)2-1-3-17(15)21/h2*1,3,5-7,16-17,22H,2,4,8-9H2;4-8,18,22H,1-3,9-10H2. The largest absolute Gasteiger partial charge is 0.488 e. The predicted octanol–water partition coefficient (Wildman–Crippen LogP) is 13.3. The summed E-state index contributed by atoms with van der Waals surface area (Å²) in [5, 5.41) is 31.5. The molecular weight excluding hydrogens is 1230 g/mol. The van der Waals surface area contributed by atoms with Crippen molar-refractivity contribution in [2.24, 2.45) is 0 Å². The fraction of sp³-hybridized carbons (Fsp3) is 0.316. The Morgan fingerprint density at radius 2 is 0.775 bits per heavy atom. The minimum Gasteiger partial charge on any atom is -0.488 e. The summed E-state index contributed by atoms with van der Waals surface area (Å²) in [6.07, 6.45) is 4.39. The first kappa shape index (κ1) is 50.5. The molecule has 366 valence electrons. The van der Waals surface area contributed by atoms with E-state index in [1.165, 1.54) is 0 Å². The molecule has 0 saturated carbocycles. The molecule has 9 nitrogen and oxygen atoms in total. The number of alkyl halides is 5. The van der Waals surface area contributed by atoms with Gasteiger partial charge in [-0.1, -0.05) is 116 Å². The van der Waals surface area contributed by atoms with Crippen LogP contribution in [0.15, 0.2) is 91.0 Å². The zero-order valence-electron chi connectivity index (χ0n) is 38.4. The number of aryl methyl sites for hydroxylation is 3. The number of rotatable bonds is 6. The highest BCUT2D eigenvalue weighted by molar-refractivity contribution is 9.10. The molecule has 0 fully saturated rings. The number of Topliss-reactive ketones (excluding diaryl/α,β-unsaturated/α-hetero) is 3. The average Bonchev–Trinajstić information content (AvgIpc) is 3.40. The number of carbonyl (C=O) groups excluding carboxylic acids is 3. The molecule has 3 aliphatic carbocycles. The van der Waals surface area contributed by atoms with E-state index in [0.29, 0.717) is 42.2 Å². The van der Waals surface area contributed by atoms with E-state index in [1.54, 1.807) is 0 Å². The number of aliphatic hydroxyl groups is 3. The molecule has 0 bridgehead atoms. The monoisotopic (exact) mass is 1270 g/mol. The minimum atomic E-state index is -0.520. The Morgan fingerprint density at radius 1 is 0.423 bits per heavy atom. The number of ether oxygens (including phenoxy) is 3. The van der Waals surface area contributed by atoms with Crippen LogP contribution in [0.2, 0.25) is 0 Å². The summed E-state index contributed by atoms with van der Waals surface area (Å²) in [7, 11) is 0. The topological polar surface area (TPSA) is 140 Å². The van der Waals surface area contributed by atoms with Crippen molar-refractivity contribution >= 4 is 97.0 Å². The van der Waals surface area contributed by atoms with Crippen LogP contribution in [0.4, 0.5) is 0 Å². The van der Waals surface area contributed by atoms with Crippen molar-refractivity contribution in [1.29, 1.82) is 0 Å². The summed E-state index contributed by atoms with van der Waals surface area (Å²) < 4.78 is 17.7. The number of halogens is 5. The quantitative estimate of drug-likeness (QED) is 0.139. The Bertz CT molecular complexity index is 2980. The second-order valence-corrected chi connectivity index (χ2v) is 22.8. The van der Waals surface area contributed by atoms with E-state index in [0.717, 1.165) is 156 Å². The van der Waals surface area contributed by atoms with Gasteiger partial charge < -0.3 is 29.5 Å². The molecule has 0 radical (unpaired) electrons. The summed E-state index contributed by atoms with van der Waals surface area (Å²) in [6, 6.07) is 30.0. The van der Waals surface area contributed by atoms with Crippen LogP contribution in [-0.4, -0.2) is 58.3 Å². The molecule has 3 aliphatic heterocycles. The average molecular weight is 1280 g/mol. The number of hydrogen-bond acceptors (Lipinski definition) is 9. The molecule has 5 unspecified atom stereocenters. The van der Waals surface area contributed by atoms with Gasteiger partial charge in [0.25, 0.3) is 0 Å². The zero-order valence-corrected chi connectivity index (χ0v) is 46.4. The van der Waals surface area contributed by atoms with Crippen molar-refractivity contribution < 1.29 is 43.9 Å². The molecule has 5 atom stereocenters. The van der Waals surface area contributed by atoms with Gasteiger partial charge in [0, 0.05) is 55.8 Å². The van der Waals surface area contributed by atoms with E-state index in [-0.39, 0.29) is 27.0 Å². The van der Waals surface area contributed by atoms with Crippen LogP contribution in [0.5, 0.6) is 17.2 Å². The van der Waals surface area contributed by atoms with E-state index in [9.17, 15) is 29.7 Å². The third kappa shape index (κ3) is 10.1. The third-order valence-corrected chi connectivity index (χ3v) is 17.8. The van der Waals surface area contributed by atoms with Crippen molar-refractivity contribution in [3.63, 3.8) is 0 Å². The Kier molecular flexibility index (Phi) is 15.3. The lowest BCUT2D eigenvalue weighted by Gasteiger charge is -2.26. The second-order valence-electron chi connectivity index (χ2n) is 18.7. The van der Waals surface area contributed by atoms with Crippen molar-refractivity contribution in [3.8, 4) is 50.6 Å². The first-order chi connectivity index (χ1) is 34.3. The number of fused-ring (bicyclic) bond motifs is 12. The van der Waals surface area contributed by atoms with E-state index in [4.69, 9.17) is 14.2 Å². The molecule has 6 aromatic rings. The number of ketones is 3. The van der Waals surface area contributed by atoms with Crippen LogP contribution in [0, 0.1) is 0 Å². The molecule has 3 heterocycles. The summed E-state index contributed by atoms with van der Waals surface area (Å²) in [6.45, 7) is 1.38. The Balaban J connectivity index is 0.000000123. The molecule has 3 N–H and O–H groups in total. The molecule has 0 spiro atoms. The van der Waals surface area contributed by atoms with Gasteiger partial charge in [-0.2, -0.15) is 0 Å². The second kappa shape index (κ2) is 21.5. The number of benzene rings is 6. The highest BCUT2D eigenvalue weighted by Crippen LogP contribution is 2.45. The van der Waals surface area contributed by atoms with Gasteiger partial charge in [0.1, 0.15) is 37.1 Å². The van der Waals surface area contributed by atoms with Crippen LogP contribution in [0.3, 0.4) is 0 Å². The minimum absolute atomic E-state index is 0.0905. The number of carbonyl (C=O) groups is 3. The van der Waals surface area contributed by atoms with Gasteiger partial charge in [-0.25, -0.2) is 0 Å². The lowest BCUT2D eigenvalue weighted by molar-refractivity contribution is 0.0966. The van der Waals surface area contributed by atoms with Crippen LogP contribution in [0.1, 0.15) is 125 Å². The molecule has 6 aromatic carbocycles. The number of hydrogen-bond donors (Lipinski definition) is 3. The Labute approximate surface area is 454 Å². The maximum absolute atomic E-state index is 12.4. The highest BCUT2D eigenvalue weighted by Gasteiger charge is 2.31. The highest BCUT2D eigenvalue weighted by atomic mass is 79.9. The molecule has 71 heavy (non-hydrogen) atoms. The van der Waals surface area contributed by atoms with E-state index in [2.05, 4.69) is 104 Å². The molecule has 0 amide bonds. The van der Waals surface area contributed by atoms with Gasteiger partial charge in [-0.15, -0.1) is 0 Å². The van der Waals surface area contributed by atoms with Gasteiger partial charge >= 0.3 is 0 Å². The fourth-order valence-corrected chi connectivity index (χ4v) is 12.4. The normalized spacial score (nSPS) is 18.8. The Morgan fingerprint density at radius 3 is 1.14 bits per heavy atom. The van der Waals surface area contributed by atoms with Gasteiger partial charge in [0.05, 0.1) is 28.0 Å². The maximum Gasteiger partial charge on any atom is 0.176 e. The maximum atomic E-state index is 12.4. The van der Waals surface area contributed by atoms with Gasteiger partial charge in [-0.05, 0) is 160 Å². The SMILES string of the molecule is O=C1CCCc2cc3c(cc21)OCc1cc(C(O)CBr)ccc1-3.O=C1c2cc3c(cc2CCC1Br)-c1ccc(C(O)CBr)cc1CO3.O=C1c2cc3c(cc2CCC1Br)-c1ccc(C(O)CBr)cc1CO3. The van der Waals surface area contributed by atoms with Crippen LogP contribution < -0.4 is 14.2 Å². The van der Waals surface area contributed by atoms with E-state index < -0.39 is 18.3 Å². The van der Waals surface area contributed by atoms with Crippen LogP contribution in [-0.2, 0) is 39.1 Å². The Hall–Kier alpha value is -3.99. The summed E-state index contributed by atoms with van der Waals surface area (Å²) in [4.78, 5) is 36.6. The summed E-state index contributed by atoms with van der Waals surface area (Å²) in [5.41, 5.74) is 18.1. The number of aliphatic hydroxyl groups excluding tert-OH is 3. The molecule has 0 aromatic heterocycles. The van der Waals surface area contributed by atoms with Crippen molar-refractivity contribution in [2.75, 3.05) is 16.0 Å². The van der Waals surface area contributed by atoms with Gasteiger partial charge in [0.15, 0.2) is 17.3 Å². The molecule has 14 heteroatoms. The van der Waals surface area contributed by atoms with Crippen LogP contribution in [0.25, 0.3) is 33.4 Å².